The van der Waals surface area contributed by atoms with Crippen LogP contribution in [0, 0.1) is 22.7 Å². The maximum absolute atomic E-state index is 9.78. The molecule has 1 aliphatic rings. The highest BCUT2D eigenvalue weighted by Gasteiger charge is 2.40. The second-order valence-electron chi connectivity index (χ2n) is 7.20. The molecule has 1 aromatic heterocycles. The van der Waals surface area contributed by atoms with Crippen molar-refractivity contribution in [3.63, 3.8) is 0 Å². The van der Waals surface area contributed by atoms with Crippen molar-refractivity contribution >= 4 is 17.5 Å². The average Bonchev–Trinajstić information content (AvgIpc) is 3.10. The normalized spacial score (nSPS) is 18.5. The van der Waals surface area contributed by atoms with Gasteiger partial charge in [0.2, 0.25) is 11.8 Å². The predicted molar refractivity (Wildman–Crippen MR) is 109 cm³/mol. The van der Waals surface area contributed by atoms with Crippen LogP contribution < -0.4 is 4.74 Å². The average molecular weight is 391 g/mol. The highest BCUT2D eigenvalue weighted by atomic mass is 35.5. The number of H-pyrrole nitrogens is 1. The molecule has 5 nitrogen and oxygen atoms in total. The van der Waals surface area contributed by atoms with E-state index in [9.17, 15) is 5.26 Å². The van der Waals surface area contributed by atoms with E-state index in [2.05, 4.69) is 42.2 Å². The van der Waals surface area contributed by atoms with Crippen molar-refractivity contribution in [2.45, 2.75) is 25.7 Å². The van der Waals surface area contributed by atoms with Gasteiger partial charge >= 0.3 is 0 Å². The lowest BCUT2D eigenvalue weighted by Gasteiger charge is -2.28. The number of aromatic amines is 1. The fraction of sp³-hybridized carbons (Fsp3) is 0.227. The first-order chi connectivity index (χ1) is 13.5. The Hall–Kier alpha value is -3.10. The first-order valence-corrected chi connectivity index (χ1v) is 9.47. The van der Waals surface area contributed by atoms with E-state index in [-0.39, 0.29) is 11.8 Å². The van der Waals surface area contributed by atoms with Crippen LogP contribution in [0.2, 0.25) is 5.02 Å². The Kier molecular flexibility index (Phi) is 4.66. The van der Waals surface area contributed by atoms with Gasteiger partial charge in [0.05, 0.1) is 17.3 Å². The molecule has 2 heterocycles. The minimum absolute atomic E-state index is 0.0814. The molecule has 0 bridgehead atoms. The minimum atomic E-state index is -0.721. The summed E-state index contributed by atoms with van der Waals surface area (Å²) in [7, 11) is 0. The van der Waals surface area contributed by atoms with Crippen LogP contribution in [0.15, 0.2) is 48.5 Å². The smallest absolute Gasteiger partial charge is 0.244 e. The number of halogens is 1. The van der Waals surface area contributed by atoms with Crippen LogP contribution in [0.25, 0.3) is 11.3 Å². The van der Waals surface area contributed by atoms with Crippen LogP contribution in [0.4, 0.5) is 0 Å². The highest BCUT2D eigenvalue weighted by molar-refractivity contribution is 6.30. The first-order valence-electron chi connectivity index (χ1n) is 9.09. The van der Waals surface area contributed by atoms with Gasteiger partial charge in [-0.15, -0.1) is 5.10 Å². The third-order valence-corrected chi connectivity index (χ3v) is 5.39. The minimum Gasteiger partial charge on any atom is -0.422 e. The Morgan fingerprint density at radius 1 is 1.14 bits per heavy atom. The molecule has 0 amide bonds. The topological polar surface area (TPSA) is 85.5 Å². The summed E-state index contributed by atoms with van der Waals surface area (Å²) in [6, 6.07) is 17.9. The molecular formula is C22H19ClN4O. The number of nitriles is 1. The standard InChI is InChI=1S/C22H19ClN4O/c1-12(2)13-3-5-14(6-4-13)18-17(11-24)21(25)28-22-19(18)20(26-27-22)15-7-9-16(23)10-8-15/h3-10,12,17-18,25H,1-2H3,(H,26,27). The summed E-state index contributed by atoms with van der Waals surface area (Å²) >= 11 is 6.02. The van der Waals surface area contributed by atoms with Gasteiger partial charge < -0.3 is 4.74 Å². The third-order valence-electron chi connectivity index (χ3n) is 5.14. The van der Waals surface area contributed by atoms with Crippen molar-refractivity contribution in [2.24, 2.45) is 5.92 Å². The second kappa shape index (κ2) is 7.14. The number of aromatic nitrogens is 2. The van der Waals surface area contributed by atoms with E-state index in [0.717, 1.165) is 22.4 Å². The lowest BCUT2D eigenvalue weighted by molar-refractivity contribution is 0.437. The molecule has 0 fully saturated rings. The molecule has 2 aromatic carbocycles. The summed E-state index contributed by atoms with van der Waals surface area (Å²) < 4.78 is 5.57. The Balaban J connectivity index is 1.88. The van der Waals surface area contributed by atoms with Crippen molar-refractivity contribution < 1.29 is 4.74 Å². The molecule has 0 saturated heterocycles. The van der Waals surface area contributed by atoms with Gasteiger partial charge in [0.1, 0.15) is 5.92 Å². The Labute approximate surface area is 168 Å². The number of rotatable bonds is 3. The molecule has 6 heteroatoms. The molecule has 0 radical (unpaired) electrons. The molecule has 0 saturated carbocycles. The van der Waals surface area contributed by atoms with Crippen molar-refractivity contribution in [2.75, 3.05) is 0 Å². The Morgan fingerprint density at radius 2 is 1.82 bits per heavy atom. The van der Waals surface area contributed by atoms with Gasteiger partial charge in [0, 0.05) is 16.5 Å². The molecule has 140 valence electrons. The van der Waals surface area contributed by atoms with E-state index >= 15 is 0 Å². The van der Waals surface area contributed by atoms with E-state index in [1.165, 1.54) is 5.56 Å². The van der Waals surface area contributed by atoms with Crippen LogP contribution in [-0.4, -0.2) is 16.1 Å². The summed E-state index contributed by atoms with van der Waals surface area (Å²) in [5.41, 5.74) is 4.65. The Bertz CT molecular complexity index is 1060. The molecule has 3 aromatic rings. The number of benzene rings is 2. The first kappa shape index (κ1) is 18.3. The van der Waals surface area contributed by atoms with Gasteiger partial charge in [0.25, 0.3) is 0 Å². The van der Waals surface area contributed by atoms with E-state index in [4.69, 9.17) is 21.7 Å². The lowest BCUT2D eigenvalue weighted by atomic mass is 9.78. The van der Waals surface area contributed by atoms with Gasteiger partial charge in [-0.1, -0.05) is 61.8 Å². The molecule has 1 aliphatic heterocycles. The van der Waals surface area contributed by atoms with E-state index in [1.807, 2.05) is 36.4 Å². The number of ether oxygens (including phenoxy) is 1. The van der Waals surface area contributed by atoms with Crippen LogP contribution in [0.3, 0.4) is 0 Å². The van der Waals surface area contributed by atoms with Gasteiger partial charge in [-0.05, 0) is 29.2 Å². The van der Waals surface area contributed by atoms with Crippen LogP contribution in [0.5, 0.6) is 5.88 Å². The summed E-state index contributed by atoms with van der Waals surface area (Å²) in [5.74, 6) is -0.377. The number of nitrogens with zero attached hydrogens (tertiary/aromatic N) is 2. The summed E-state index contributed by atoms with van der Waals surface area (Å²) in [4.78, 5) is 0. The predicted octanol–water partition coefficient (Wildman–Crippen LogP) is 5.49. The number of hydrogen-bond donors (Lipinski definition) is 2. The van der Waals surface area contributed by atoms with Crippen LogP contribution >= 0.6 is 11.6 Å². The van der Waals surface area contributed by atoms with Crippen molar-refractivity contribution in [1.82, 2.24) is 10.2 Å². The zero-order valence-electron chi connectivity index (χ0n) is 15.5. The number of fused-ring (bicyclic) bond motifs is 1. The van der Waals surface area contributed by atoms with Crippen molar-refractivity contribution in [3.8, 4) is 23.2 Å². The highest BCUT2D eigenvalue weighted by Crippen LogP contribution is 2.45. The molecule has 28 heavy (non-hydrogen) atoms. The maximum atomic E-state index is 9.78. The maximum Gasteiger partial charge on any atom is 0.244 e. The summed E-state index contributed by atoms with van der Waals surface area (Å²) in [5, 5.41) is 25.9. The van der Waals surface area contributed by atoms with E-state index in [0.29, 0.717) is 16.8 Å². The number of nitrogens with one attached hydrogen (secondary N) is 2. The van der Waals surface area contributed by atoms with Gasteiger partial charge in [-0.2, -0.15) is 5.26 Å². The third kappa shape index (κ3) is 3.06. The fourth-order valence-corrected chi connectivity index (χ4v) is 3.73. The molecule has 2 atom stereocenters. The van der Waals surface area contributed by atoms with Gasteiger partial charge in [-0.3, -0.25) is 10.5 Å². The van der Waals surface area contributed by atoms with Crippen molar-refractivity contribution in [3.05, 3.63) is 70.2 Å². The Morgan fingerprint density at radius 3 is 2.43 bits per heavy atom. The largest absolute Gasteiger partial charge is 0.422 e. The zero-order valence-corrected chi connectivity index (χ0v) is 16.3. The van der Waals surface area contributed by atoms with Crippen molar-refractivity contribution in [1.29, 1.82) is 10.7 Å². The van der Waals surface area contributed by atoms with Gasteiger partial charge in [-0.25, -0.2) is 0 Å². The molecule has 2 unspecified atom stereocenters. The monoisotopic (exact) mass is 390 g/mol. The van der Waals surface area contributed by atoms with E-state index < -0.39 is 5.92 Å². The van der Waals surface area contributed by atoms with Crippen LogP contribution in [-0.2, 0) is 0 Å². The summed E-state index contributed by atoms with van der Waals surface area (Å²) in [6.07, 6.45) is 0. The lowest BCUT2D eigenvalue weighted by Crippen LogP contribution is -2.30. The SMILES string of the molecule is CC(C)c1ccc(C2c3c(n[nH]c3-c3ccc(Cl)cc3)OC(=N)C2C#N)cc1. The fourth-order valence-electron chi connectivity index (χ4n) is 3.60. The van der Waals surface area contributed by atoms with Gasteiger partial charge in [0.15, 0.2) is 0 Å². The quantitative estimate of drug-likeness (QED) is 0.619. The number of hydrogen-bond acceptors (Lipinski definition) is 4. The molecular weight excluding hydrogens is 372 g/mol. The summed E-state index contributed by atoms with van der Waals surface area (Å²) in [6.45, 7) is 4.29. The van der Waals surface area contributed by atoms with Crippen LogP contribution in [0.1, 0.15) is 42.4 Å². The second-order valence-corrected chi connectivity index (χ2v) is 7.63. The molecule has 4 rings (SSSR count). The zero-order chi connectivity index (χ0) is 19.8. The molecule has 2 N–H and O–H groups in total. The van der Waals surface area contributed by atoms with E-state index in [1.54, 1.807) is 0 Å². The molecule has 0 spiro atoms. The molecule has 0 aliphatic carbocycles.